The Balaban J connectivity index is 0.00000224. The molecule has 0 bridgehead atoms. The molecule has 0 aliphatic rings. The molecule has 8 rings (SSSR count). The van der Waals surface area contributed by atoms with Crippen LogP contribution < -0.4 is 0 Å². The van der Waals surface area contributed by atoms with Gasteiger partial charge in [0.15, 0.2) is 19.7 Å². The molecule has 0 saturated carbocycles. The number of nitrogens with zero attached hydrogens (tertiary/aromatic N) is 6. The molecule has 0 amide bonds. The van der Waals surface area contributed by atoms with Gasteiger partial charge in [0.25, 0.3) is 5.95 Å². The molecule has 4 aromatic carbocycles. The minimum absolute atomic E-state index is 0. The SMILES string of the molecule is O=S(=O)(c1[c-]c(-c2ccccn2)ccc1)c1[c-]c2c(cc1)c1ccc(S(=O)(=O)c3[c-]c(-c4ccccn4)ccc3)[c-]c1n2-c1nccnn1.[Pt+2].[Pt+2]. The van der Waals surface area contributed by atoms with Crippen LogP contribution in [0.1, 0.15) is 0 Å². The van der Waals surface area contributed by atoms with E-state index in [1.54, 1.807) is 73.1 Å². The van der Waals surface area contributed by atoms with Crippen molar-refractivity contribution in [2.45, 2.75) is 19.6 Å². The molecule has 0 aliphatic heterocycles. The molecule has 0 atom stereocenters. The third-order valence-electron chi connectivity index (χ3n) is 7.78. The molecule has 254 valence electrons. The average molecular weight is 1070 g/mol. The van der Waals surface area contributed by atoms with Crippen molar-refractivity contribution in [2.75, 3.05) is 0 Å². The second-order valence-corrected chi connectivity index (χ2v) is 14.5. The Morgan fingerprint density at radius 3 is 1.39 bits per heavy atom. The number of hydrogen-bond donors (Lipinski definition) is 0. The minimum Gasteiger partial charge on any atom is -0.327 e. The summed E-state index contributed by atoms with van der Waals surface area (Å²) >= 11 is 0. The summed E-state index contributed by atoms with van der Waals surface area (Å²) in [5.41, 5.74) is 2.78. The van der Waals surface area contributed by atoms with E-state index in [9.17, 15) is 16.8 Å². The van der Waals surface area contributed by atoms with E-state index >= 15 is 0 Å². The Bertz CT molecular complexity index is 2580. The van der Waals surface area contributed by atoms with Crippen molar-refractivity contribution in [2.24, 2.45) is 0 Å². The molecule has 0 aliphatic carbocycles. The van der Waals surface area contributed by atoms with Crippen LogP contribution in [0.15, 0.2) is 141 Å². The van der Waals surface area contributed by atoms with Gasteiger partial charge in [0.2, 0.25) is 0 Å². The molecule has 0 saturated heterocycles. The fourth-order valence-electron chi connectivity index (χ4n) is 5.47. The molecule has 51 heavy (non-hydrogen) atoms. The van der Waals surface area contributed by atoms with E-state index in [1.807, 2.05) is 12.1 Å². The molecule has 10 nitrogen and oxygen atoms in total. The van der Waals surface area contributed by atoms with Gasteiger partial charge in [-0.25, -0.2) is 21.8 Å². The molecular weight excluding hydrogens is 1050 g/mol. The minimum atomic E-state index is -4.12. The zero-order valence-electron chi connectivity index (χ0n) is 25.8. The zero-order chi connectivity index (χ0) is 33.6. The summed E-state index contributed by atoms with van der Waals surface area (Å²) < 4.78 is 57.4. The summed E-state index contributed by atoms with van der Waals surface area (Å²) in [5, 5.41) is 9.26. The molecule has 0 N–H and O–H groups in total. The van der Waals surface area contributed by atoms with Gasteiger partial charge < -0.3 is 14.5 Å². The molecule has 4 heterocycles. The van der Waals surface area contributed by atoms with Crippen molar-refractivity contribution in [3.05, 3.63) is 146 Å². The first-order valence-corrected chi connectivity index (χ1v) is 17.7. The van der Waals surface area contributed by atoms with Crippen LogP contribution in [-0.4, -0.2) is 46.6 Å². The van der Waals surface area contributed by atoms with E-state index in [0.29, 0.717) is 44.3 Å². The molecule has 0 radical (unpaired) electrons. The second-order valence-electron chi connectivity index (χ2n) is 10.7. The summed E-state index contributed by atoms with van der Waals surface area (Å²) in [5.74, 6) is 0.0755. The maximum atomic E-state index is 14.0. The van der Waals surface area contributed by atoms with E-state index in [2.05, 4.69) is 49.4 Å². The monoisotopic (exact) mass is 1070 g/mol. The van der Waals surface area contributed by atoms with Gasteiger partial charge in [-0.05, 0) is 43.1 Å². The topological polar surface area (TPSA) is 138 Å². The summed E-state index contributed by atoms with van der Waals surface area (Å²) in [6.07, 6.45) is 6.07. The standard InChI is InChI=1S/C37H20N6O4S2.2Pt/c44-48(45,27-9-5-7-25(21-27)33-11-1-3-17-38-33)29-13-15-31-32-16-14-30(24-36(32)43(35(31)23-29)37-40-19-20-41-42-37)49(46,47)28-10-6-8-26(22-28)34-12-2-4-18-39-34;;/h1-20H;;/q-4;2*+2. The Labute approximate surface area is 322 Å². The molecule has 0 spiro atoms. The van der Waals surface area contributed by atoms with Gasteiger partial charge in [-0.1, -0.05) is 35.3 Å². The summed E-state index contributed by atoms with van der Waals surface area (Å²) in [4.78, 5) is 12.6. The van der Waals surface area contributed by atoms with Crippen LogP contribution in [0.3, 0.4) is 0 Å². The first-order chi connectivity index (χ1) is 23.8. The molecule has 0 unspecified atom stereocenters. The predicted molar refractivity (Wildman–Crippen MR) is 180 cm³/mol. The predicted octanol–water partition coefficient (Wildman–Crippen LogP) is 5.95. The Hall–Kier alpha value is -4.73. The molecule has 8 aromatic rings. The van der Waals surface area contributed by atoms with Crippen LogP contribution in [0.5, 0.6) is 0 Å². The normalized spacial score (nSPS) is 11.5. The summed E-state index contributed by atoms with van der Waals surface area (Å²) in [6.45, 7) is 0. The number of pyridine rings is 2. The van der Waals surface area contributed by atoms with Gasteiger partial charge in [-0.2, -0.15) is 40.1 Å². The van der Waals surface area contributed by atoms with Crippen molar-refractivity contribution < 1.29 is 59.0 Å². The number of benzene rings is 4. The molecule has 0 fully saturated rings. The van der Waals surface area contributed by atoms with Crippen LogP contribution in [0.2, 0.25) is 0 Å². The van der Waals surface area contributed by atoms with Gasteiger partial charge >= 0.3 is 42.1 Å². The molecular formula is C37H20N6O4Pt2S2. The van der Waals surface area contributed by atoms with Gasteiger partial charge in [0.05, 0.1) is 12.4 Å². The maximum Gasteiger partial charge on any atom is 2.00 e. The van der Waals surface area contributed by atoms with E-state index in [-0.39, 0.29) is 67.7 Å². The number of hydrogen-bond acceptors (Lipinski definition) is 9. The zero-order valence-corrected chi connectivity index (χ0v) is 32.0. The van der Waals surface area contributed by atoms with E-state index in [1.165, 1.54) is 41.2 Å². The second kappa shape index (κ2) is 14.5. The van der Waals surface area contributed by atoms with Crippen molar-refractivity contribution in [3.63, 3.8) is 0 Å². The van der Waals surface area contributed by atoms with Crippen molar-refractivity contribution in [3.8, 4) is 28.5 Å². The molecule has 14 heteroatoms. The first-order valence-electron chi connectivity index (χ1n) is 14.8. The van der Waals surface area contributed by atoms with Crippen molar-refractivity contribution >= 4 is 41.5 Å². The third-order valence-corrected chi connectivity index (χ3v) is 11.0. The fraction of sp³-hybridized carbons (Fsp3) is 0. The van der Waals surface area contributed by atoms with Crippen LogP contribution >= 0.6 is 0 Å². The van der Waals surface area contributed by atoms with Gasteiger partial charge in [0.1, 0.15) is 0 Å². The van der Waals surface area contributed by atoms with Gasteiger partial charge in [-0.3, -0.25) is 0 Å². The fourth-order valence-corrected chi connectivity index (χ4v) is 7.91. The van der Waals surface area contributed by atoms with Crippen molar-refractivity contribution in [1.82, 2.24) is 29.7 Å². The Morgan fingerprint density at radius 1 is 0.471 bits per heavy atom. The largest absolute Gasteiger partial charge is 2.00 e. The van der Waals surface area contributed by atoms with E-state index < -0.39 is 19.7 Å². The van der Waals surface area contributed by atoms with Crippen LogP contribution in [0.4, 0.5) is 0 Å². The number of fused-ring (bicyclic) bond motifs is 3. The van der Waals surface area contributed by atoms with E-state index in [4.69, 9.17) is 0 Å². The first kappa shape index (κ1) is 36.1. The number of rotatable bonds is 7. The van der Waals surface area contributed by atoms with E-state index in [0.717, 1.165) is 0 Å². The number of aromatic nitrogens is 6. The molecule has 4 aromatic heterocycles. The summed E-state index contributed by atoms with van der Waals surface area (Å²) in [7, 11) is -8.23. The average Bonchev–Trinajstić information content (AvgIpc) is 3.49. The van der Waals surface area contributed by atoms with Crippen LogP contribution in [0.25, 0.3) is 50.3 Å². The van der Waals surface area contributed by atoms with Gasteiger partial charge in [-0.15, -0.1) is 76.9 Å². The van der Waals surface area contributed by atoms with Crippen molar-refractivity contribution in [1.29, 1.82) is 0 Å². The van der Waals surface area contributed by atoms with Crippen LogP contribution in [-0.2, 0) is 61.8 Å². The van der Waals surface area contributed by atoms with Crippen LogP contribution in [0, 0.1) is 24.3 Å². The Kier molecular flexibility index (Phi) is 10.2. The number of sulfone groups is 2. The smallest absolute Gasteiger partial charge is 0.327 e. The maximum absolute atomic E-state index is 14.0. The summed E-state index contributed by atoms with van der Waals surface area (Å²) in [6, 6.07) is 38.6. The third kappa shape index (κ3) is 6.61. The Morgan fingerprint density at radius 2 is 0.961 bits per heavy atom. The van der Waals surface area contributed by atoms with Gasteiger partial charge in [0, 0.05) is 12.4 Å². The quantitative estimate of drug-likeness (QED) is 0.177.